The van der Waals surface area contributed by atoms with E-state index in [1.165, 1.54) is 25.7 Å². The van der Waals surface area contributed by atoms with Gasteiger partial charge in [-0.25, -0.2) is 4.98 Å². The van der Waals surface area contributed by atoms with Gasteiger partial charge in [0.05, 0.1) is 25.3 Å². The Balaban J connectivity index is 2.21. The molecule has 0 radical (unpaired) electrons. The first-order valence-electron chi connectivity index (χ1n) is 9.91. The monoisotopic (exact) mass is 389 g/mol. The van der Waals surface area contributed by atoms with E-state index in [2.05, 4.69) is 15.3 Å². The Labute approximate surface area is 166 Å². The van der Waals surface area contributed by atoms with Crippen LogP contribution in [0.25, 0.3) is 0 Å². The average Bonchev–Trinajstić information content (AvgIpc) is 2.69. The summed E-state index contributed by atoms with van der Waals surface area (Å²) in [4.78, 5) is 46.0. The number of nitrogens with one attached hydrogen (secondary N) is 1. The zero-order chi connectivity index (χ0) is 20.7. The SMILES string of the molecule is COC(=O)[C@@H](CC(=O)[C@@H](NC(=O)c1cnccn1)C1CCCCC1)C(C)(C)C. The molecule has 154 valence electrons. The molecule has 0 saturated heterocycles. The molecule has 0 bridgehead atoms. The van der Waals surface area contributed by atoms with Crippen LogP contribution >= 0.6 is 0 Å². The van der Waals surface area contributed by atoms with Gasteiger partial charge < -0.3 is 10.1 Å². The second-order valence-electron chi connectivity index (χ2n) is 8.55. The van der Waals surface area contributed by atoms with Crippen LogP contribution in [0, 0.1) is 17.3 Å². The van der Waals surface area contributed by atoms with E-state index < -0.39 is 29.3 Å². The topological polar surface area (TPSA) is 98.2 Å². The van der Waals surface area contributed by atoms with Crippen molar-refractivity contribution in [1.82, 2.24) is 15.3 Å². The maximum absolute atomic E-state index is 13.2. The standard InChI is InChI=1S/C21H31N3O4/c1-21(2,3)15(20(27)28-4)12-17(25)18(14-8-6-5-7-9-14)24-19(26)16-13-22-10-11-23-16/h10-11,13-15,18H,5-9,12H2,1-4H3,(H,24,26)/t15-,18+/m1/s1. The fourth-order valence-electron chi connectivity index (χ4n) is 3.77. The maximum atomic E-state index is 13.2. The lowest BCUT2D eigenvalue weighted by atomic mass is 9.74. The summed E-state index contributed by atoms with van der Waals surface area (Å²) in [5.41, 5.74) is -0.245. The van der Waals surface area contributed by atoms with Gasteiger partial charge in [-0.05, 0) is 24.2 Å². The predicted molar refractivity (Wildman–Crippen MR) is 104 cm³/mol. The molecule has 1 fully saturated rings. The summed E-state index contributed by atoms with van der Waals surface area (Å²) in [5.74, 6) is -1.44. The summed E-state index contributed by atoms with van der Waals surface area (Å²) in [5, 5.41) is 2.87. The van der Waals surface area contributed by atoms with Gasteiger partial charge in [0, 0.05) is 18.8 Å². The van der Waals surface area contributed by atoms with Crippen LogP contribution in [0.5, 0.6) is 0 Å². The lowest BCUT2D eigenvalue weighted by Crippen LogP contribution is -2.48. The Morgan fingerprint density at radius 3 is 2.39 bits per heavy atom. The molecule has 1 aliphatic carbocycles. The fourth-order valence-corrected chi connectivity index (χ4v) is 3.77. The van der Waals surface area contributed by atoms with Crippen molar-refractivity contribution in [3.8, 4) is 0 Å². The van der Waals surface area contributed by atoms with Crippen molar-refractivity contribution in [2.24, 2.45) is 17.3 Å². The van der Waals surface area contributed by atoms with E-state index in [9.17, 15) is 14.4 Å². The largest absolute Gasteiger partial charge is 0.469 e. The molecule has 1 aliphatic rings. The van der Waals surface area contributed by atoms with Crippen molar-refractivity contribution in [3.63, 3.8) is 0 Å². The Hall–Kier alpha value is -2.31. The minimum atomic E-state index is -0.635. The molecule has 2 atom stereocenters. The number of amides is 1. The maximum Gasteiger partial charge on any atom is 0.309 e. The van der Waals surface area contributed by atoms with Crippen LogP contribution in [-0.4, -0.2) is 40.8 Å². The molecule has 1 aromatic rings. The van der Waals surface area contributed by atoms with Crippen molar-refractivity contribution < 1.29 is 19.1 Å². The number of ether oxygens (including phenoxy) is 1. The first-order chi connectivity index (χ1) is 13.2. The number of nitrogens with zero attached hydrogens (tertiary/aromatic N) is 2. The van der Waals surface area contributed by atoms with Gasteiger partial charge in [-0.3, -0.25) is 19.4 Å². The molecule has 2 rings (SSSR count). The van der Waals surface area contributed by atoms with Crippen LogP contribution in [0.1, 0.15) is 69.8 Å². The van der Waals surface area contributed by atoms with E-state index in [1.54, 1.807) is 0 Å². The molecule has 1 N–H and O–H groups in total. The fraction of sp³-hybridized carbons (Fsp3) is 0.667. The van der Waals surface area contributed by atoms with Gasteiger partial charge in [-0.15, -0.1) is 0 Å². The molecular weight excluding hydrogens is 358 g/mol. The second-order valence-corrected chi connectivity index (χ2v) is 8.55. The lowest BCUT2D eigenvalue weighted by molar-refractivity contribution is -0.151. The van der Waals surface area contributed by atoms with Crippen molar-refractivity contribution in [3.05, 3.63) is 24.3 Å². The van der Waals surface area contributed by atoms with Gasteiger partial charge in [0.2, 0.25) is 0 Å². The van der Waals surface area contributed by atoms with Gasteiger partial charge >= 0.3 is 5.97 Å². The Bertz CT molecular complexity index is 679. The van der Waals surface area contributed by atoms with Crippen LogP contribution in [0.2, 0.25) is 0 Å². The van der Waals surface area contributed by atoms with E-state index in [4.69, 9.17) is 4.74 Å². The van der Waals surface area contributed by atoms with Gasteiger partial charge in [0.25, 0.3) is 5.91 Å². The van der Waals surface area contributed by atoms with Crippen molar-refractivity contribution in [1.29, 1.82) is 0 Å². The van der Waals surface area contributed by atoms with Gasteiger partial charge in [-0.1, -0.05) is 40.0 Å². The summed E-state index contributed by atoms with van der Waals surface area (Å²) in [7, 11) is 1.33. The minimum Gasteiger partial charge on any atom is -0.469 e. The van der Waals surface area contributed by atoms with Crippen LogP contribution < -0.4 is 5.32 Å². The number of hydrogen-bond acceptors (Lipinski definition) is 6. The molecule has 0 unspecified atom stereocenters. The van der Waals surface area contributed by atoms with Gasteiger partial charge in [0.1, 0.15) is 5.69 Å². The molecule has 0 aliphatic heterocycles. The van der Waals surface area contributed by atoms with E-state index in [0.717, 1.165) is 32.1 Å². The van der Waals surface area contributed by atoms with Gasteiger partial charge in [0.15, 0.2) is 5.78 Å². The number of ketones is 1. The molecule has 0 aromatic carbocycles. The van der Waals surface area contributed by atoms with Crippen LogP contribution in [0.4, 0.5) is 0 Å². The molecule has 7 nitrogen and oxygen atoms in total. The minimum absolute atomic E-state index is 0.0398. The Morgan fingerprint density at radius 1 is 1.18 bits per heavy atom. The highest BCUT2D eigenvalue weighted by atomic mass is 16.5. The Kier molecular flexibility index (Phi) is 7.66. The number of esters is 1. The zero-order valence-corrected chi connectivity index (χ0v) is 17.2. The number of hydrogen-bond donors (Lipinski definition) is 1. The number of aromatic nitrogens is 2. The summed E-state index contributed by atoms with van der Waals surface area (Å²) in [6.45, 7) is 5.74. The quantitative estimate of drug-likeness (QED) is 0.720. The zero-order valence-electron chi connectivity index (χ0n) is 17.2. The summed E-state index contributed by atoms with van der Waals surface area (Å²) < 4.78 is 4.92. The predicted octanol–water partition coefficient (Wildman–Crippen LogP) is 2.95. The van der Waals surface area contributed by atoms with Crippen molar-refractivity contribution in [2.45, 2.75) is 65.3 Å². The molecule has 7 heteroatoms. The summed E-state index contributed by atoms with van der Waals surface area (Å²) in [6, 6.07) is -0.635. The number of methoxy groups -OCH3 is 1. The lowest BCUT2D eigenvalue weighted by Gasteiger charge is -2.33. The first-order valence-corrected chi connectivity index (χ1v) is 9.91. The molecule has 1 saturated carbocycles. The van der Waals surface area contributed by atoms with Crippen molar-refractivity contribution in [2.75, 3.05) is 7.11 Å². The average molecular weight is 389 g/mol. The molecule has 28 heavy (non-hydrogen) atoms. The van der Waals surface area contributed by atoms with E-state index in [0.29, 0.717) is 0 Å². The van der Waals surface area contributed by atoms with E-state index >= 15 is 0 Å². The highest BCUT2D eigenvalue weighted by Crippen LogP contribution is 2.33. The summed E-state index contributed by atoms with van der Waals surface area (Å²) >= 11 is 0. The highest BCUT2D eigenvalue weighted by molar-refractivity contribution is 5.97. The summed E-state index contributed by atoms with van der Waals surface area (Å²) in [6.07, 6.45) is 9.34. The number of carbonyl (C=O) groups is 3. The third kappa shape index (κ3) is 5.84. The molecule has 1 amide bonds. The van der Waals surface area contributed by atoms with Crippen LogP contribution in [0.3, 0.4) is 0 Å². The molecule has 0 spiro atoms. The number of Topliss-reactive ketones (excluding diaryl/α,β-unsaturated/α-hetero) is 1. The van der Waals surface area contributed by atoms with Crippen molar-refractivity contribution >= 4 is 17.7 Å². The molecule has 1 heterocycles. The third-order valence-electron chi connectivity index (χ3n) is 5.49. The second kappa shape index (κ2) is 9.75. The van der Waals surface area contributed by atoms with E-state index in [-0.39, 0.29) is 23.8 Å². The van der Waals surface area contributed by atoms with Gasteiger partial charge in [-0.2, -0.15) is 0 Å². The molecular formula is C21H31N3O4. The number of rotatable bonds is 7. The third-order valence-corrected chi connectivity index (χ3v) is 5.49. The normalized spacial score (nSPS) is 17.4. The van der Waals surface area contributed by atoms with Crippen LogP contribution in [-0.2, 0) is 14.3 Å². The first kappa shape index (κ1) is 22.0. The Morgan fingerprint density at radius 2 is 1.86 bits per heavy atom. The van der Waals surface area contributed by atoms with Crippen LogP contribution in [0.15, 0.2) is 18.6 Å². The van der Waals surface area contributed by atoms with E-state index in [1.807, 2.05) is 20.8 Å². The number of carbonyl (C=O) groups excluding carboxylic acids is 3. The highest BCUT2D eigenvalue weighted by Gasteiger charge is 2.38. The molecule has 1 aromatic heterocycles. The smallest absolute Gasteiger partial charge is 0.309 e.